The van der Waals surface area contributed by atoms with Crippen LogP contribution in [-0.2, 0) is 4.79 Å². The molecule has 0 bridgehead atoms. The first-order valence-corrected chi connectivity index (χ1v) is 8.50. The largest absolute Gasteiger partial charge is 0.497 e. The van der Waals surface area contributed by atoms with Crippen molar-refractivity contribution in [2.75, 3.05) is 25.5 Å². The van der Waals surface area contributed by atoms with Gasteiger partial charge >= 0.3 is 0 Å². The van der Waals surface area contributed by atoms with E-state index in [4.69, 9.17) is 4.74 Å². The fourth-order valence-electron chi connectivity index (χ4n) is 3.33. The Hall–Kier alpha value is -2.93. The Labute approximate surface area is 151 Å². The predicted molar refractivity (Wildman–Crippen MR) is 98.3 cm³/mol. The maximum absolute atomic E-state index is 12.4. The number of likely N-dealkylation sites (tertiary alicyclic amines) is 1. The Kier molecular flexibility index (Phi) is 5.48. The molecule has 0 unspecified atom stereocenters. The molecule has 1 fully saturated rings. The van der Waals surface area contributed by atoms with E-state index in [1.54, 1.807) is 25.3 Å². The average molecular weight is 355 g/mol. The lowest BCUT2D eigenvalue weighted by Crippen LogP contribution is -2.33. The maximum Gasteiger partial charge on any atom is 0.292 e. The minimum Gasteiger partial charge on any atom is -0.497 e. The lowest BCUT2D eigenvalue weighted by Gasteiger charge is -2.24. The van der Waals surface area contributed by atoms with Gasteiger partial charge in [0.1, 0.15) is 11.4 Å². The van der Waals surface area contributed by atoms with Crippen molar-refractivity contribution >= 4 is 17.3 Å². The van der Waals surface area contributed by atoms with Crippen LogP contribution in [-0.4, -0.2) is 35.9 Å². The molecule has 1 amide bonds. The molecule has 2 aromatic rings. The van der Waals surface area contributed by atoms with Crippen molar-refractivity contribution in [3.8, 4) is 5.75 Å². The van der Waals surface area contributed by atoms with E-state index in [1.807, 2.05) is 24.3 Å². The third kappa shape index (κ3) is 4.00. The fourth-order valence-corrected chi connectivity index (χ4v) is 3.33. The molecule has 2 aromatic carbocycles. The molecule has 7 nitrogen and oxygen atoms in total. The Bertz CT molecular complexity index is 792. The number of nitro benzene ring substituents is 1. The van der Waals surface area contributed by atoms with Gasteiger partial charge in [-0.05, 0) is 43.1 Å². The van der Waals surface area contributed by atoms with Crippen LogP contribution in [0.25, 0.3) is 0 Å². The Morgan fingerprint density at radius 2 is 2.00 bits per heavy atom. The Morgan fingerprint density at radius 1 is 1.27 bits per heavy atom. The highest BCUT2D eigenvalue weighted by Gasteiger charge is 2.28. The maximum atomic E-state index is 12.4. The van der Waals surface area contributed by atoms with Gasteiger partial charge in [0.2, 0.25) is 5.91 Å². The summed E-state index contributed by atoms with van der Waals surface area (Å²) in [4.78, 5) is 25.1. The standard InChI is InChI=1S/C19H21N3O4/c1-26-15-10-8-14(9-11-15)17-7-4-12-21(17)13-19(23)20-16-5-2-3-6-18(16)22(24)25/h2-3,5-6,8-11,17H,4,7,12-13H2,1H3,(H,20,23)/t17-/m1/s1. The van der Waals surface area contributed by atoms with Gasteiger partial charge in [0.15, 0.2) is 0 Å². The van der Waals surface area contributed by atoms with Gasteiger partial charge in [-0.2, -0.15) is 0 Å². The summed E-state index contributed by atoms with van der Waals surface area (Å²) in [6.07, 6.45) is 1.99. The number of amides is 1. The number of anilines is 1. The molecule has 1 N–H and O–H groups in total. The van der Waals surface area contributed by atoms with Crippen LogP contribution < -0.4 is 10.1 Å². The molecular weight excluding hydrogens is 334 g/mol. The first-order chi connectivity index (χ1) is 12.6. The molecule has 1 aliphatic heterocycles. The van der Waals surface area contributed by atoms with E-state index in [9.17, 15) is 14.9 Å². The normalized spacial score (nSPS) is 17.0. The molecule has 1 atom stereocenters. The van der Waals surface area contributed by atoms with E-state index in [-0.39, 0.29) is 29.9 Å². The summed E-state index contributed by atoms with van der Waals surface area (Å²) >= 11 is 0. The zero-order valence-electron chi connectivity index (χ0n) is 14.6. The highest BCUT2D eigenvalue weighted by atomic mass is 16.6. The Balaban J connectivity index is 1.67. The topological polar surface area (TPSA) is 84.7 Å². The Morgan fingerprint density at radius 3 is 2.69 bits per heavy atom. The molecule has 3 rings (SSSR count). The van der Waals surface area contributed by atoms with Gasteiger partial charge in [0.05, 0.1) is 18.6 Å². The van der Waals surface area contributed by atoms with Crippen molar-refractivity contribution in [2.24, 2.45) is 0 Å². The van der Waals surface area contributed by atoms with E-state index in [0.29, 0.717) is 0 Å². The van der Waals surface area contributed by atoms with E-state index in [2.05, 4.69) is 10.2 Å². The predicted octanol–water partition coefficient (Wildman–Crippen LogP) is 3.38. The van der Waals surface area contributed by atoms with Crippen molar-refractivity contribution in [1.82, 2.24) is 4.90 Å². The van der Waals surface area contributed by atoms with Gasteiger partial charge < -0.3 is 10.1 Å². The van der Waals surface area contributed by atoms with Gasteiger partial charge in [-0.1, -0.05) is 24.3 Å². The summed E-state index contributed by atoms with van der Waals surface area (Å²) in [5.41, 5.74) is 1.26. The van der Waals surface area contributed by atoms with Crippen molar-refractivity contribution in [3.05, 3.63) is 64.2 Å². The van der Waals surface area contributed by atoms with Crippen LogP contribution in [0.1, 0.15) is 24.4 Å². The quantitative estimate of drug-likeness (QED) is 0.634. The highest BCUT2D eigenvalue weighted by molar-refractivity contribution is 5.94. The van der Waals surface area contributed by atoms with Crippen LogP contribution in [0, 0.1) is 10.1 Å². The second kappa shape index (κ2) is 7.97. The number of methoxy groups -OCH3 is 1. The minimum absolute atomic E-state index is 0.103. The molecule has 0 spiro atoms. The fraction of sp³-hybridized carbons (Fsp3) is 0.316. The number of nitrogens with one attached hydrogen (secondary N) is 1. The first-order valence-electron chi connectivity index (χ1n) is 8.50. The van der Waals surface area contributed by atoms with Crippen molar-refractivity contribution in [2.45, 2.75) is 18.9 Å². The molecule has 1 saturated heterocycles. The summed E-state index contributed by atoms with van der Waals surface area (Å²) in [6.45, 7) is 1.02. The third-order valence-corrected chi connectivity index (χ3v) is 4.59. The molecule has 136 valence electrons. The second-order valence-electron chi connectivity index (χ2n) is 6.22. The second-order valence-corrected chi connectivity index (χ2v) is 6.22. The summed E-state index contributed by atoms with van der Waals surface area (Å²) in [6, 6.07) is 14.2. The highest BCUT2D eigenvalue weighted by Crippen LogP contribution is 2.32. The van der Waals surface area contributed by atoms with Crippen LogP contribution in [0.3, 0.4) is 0 Å². The number of para-hydroxylation sites is 2. The smallest absolute Gasteiger partial charge is 0.292 e. The summed E-state index contributed by atoms with van der Waals surface area (Å²) in [5.74, 6) is 0.548. The zero-order chi connectivity index (χ0) is 18.5. The van der Waals surface area contributed by atoms with E-state index in [0.717, 1.165) is 30.7 Å². The van der Waals surface area contributed by atoms with E-state index < -0.39 is 4.92 Å². The van der Waals surface area contributed by atoms with Gasteiger partial charge in [0, 0.05) is 12.1 Å². The SMILES string of the molecule is COc1ccc([C@H]2CCCN2CC(=O)Nc2ccccc2[N+](=O)[O-])cc1. The molecule has 1 heterocycles. The van der Waals surface area contributed by atoms with Crippen molar-refractivity contribution in [1.29, 1.82) is 0 Å². The van der Waals surface area contributed by atoms with Gasteiger partial charge in [-0.3, -0.25) is 19.8 Å². The minimum atomic E-state index is -0.494. The summed E-state index contributed by atoms with van der Waals surface area (Å²) in [7, 11) is 1.63. The number of nitrogens with zero attached hydrogens (tertiary/aromatic N) is 2. The number of carbonyl (C=O) groups excluding carboxylic acids is 1. The number of hydrogen-bond acceptors (Lipinski definition) is 5. The molecule has 0 saturated carbocycles. The number of ether oxygens (including phenoxy) is 1. The molecule has 0 aromatic heterocycles. The molecule has 0 radical (unpaired) electrons. The first kappa shape index (κ1) is 17.9. The zero-order valence-corrected chi connectivity index (χ0v) is 14.6. The molecule has 0 aliphatic carbocycles. The lowest BCUT2D eigenvalue weighted by atomic mass is 10.0. The van der Waals surface area contributed by atoms with Gasteiger partial charge in [0.25, 0.3) is 5.69 Å². The van der Waals surface area contributed by atoms with Gasteiger partial charge in [-0.15, -0.1) is 0 Å². The van der Waals surface area contributed by atoms with E-state index in [1.165, 1.54) is 6.07 Å². The van der Waals surface area contributed by atoms with Crippen LogP contribution in [0.15, 0.2) is 48.5 Å². The average Bonchev–Trinajstić information content (AvgIpc) is 3.10. The number of carbonyl (C=O) groups is 1. The van der Waals surface area contributed by atoms with E-state index >= 15 is 0 Å². The molecule has 26 heavy (non-hydrogen) atoms. The number of hydrogen-bond donors (Lipinski definition) is 1. The summed E-state index contributed by atoms with van der Waals surface area (Å²) < 4.78 is 5.19. The van der Waals surface area contributed by atoms with Crippen LogP contribution >= 0.6 is 0 Å². The van der Waals surface area contributed by atoms with Crippen molar-refractivity contribution in [3.63, 3.8) is 0 Å². The van der Waals surface area contributed by atoms with Crippen LogP contribution in [0.2, 0.25) is 0 Å². The number of benzene rings is 2. The number of nitro groups is 1. The lowest BCUT2D eigenvalue weighted by molar-refractivity contribution is -0.383. The molecular formula is C19H21N3O4. The van der Waals surface area contributed by atoms with Crippen molar-refractivity contribution < 1.29 is 14.5 Å². The molecule has 1 aliphatic rings. The van der Waals surface area contributed by atoms with Crippen LogP contribution in [0.4, 0.5) is 11.4 Å². The third-order valence-electron chi connectivity index (χ3n) is 4.59. The summed E-state index contributed by atoms with van der Waals surface area (Å²) in [5, 5.41) is 13.7. The molecule has 7 heteroatoms. The van der Waals surface area contributed by atoms with Crippen LogP contribution in [0.5, 0.6) is 5.75 Å². The van der Waals surface area contributed by atoms with Gasteiger partial charge in [-0.25, -0.2) is 0 Å². The number of rotatable bonds is 6. The monoisotopic (exact) mass is 355 g/mol.